The van der Waals surface area contributed by atoms with Crippen molar-refractivity contribution in [2.24, 2.45) is 0 Å². The molecule has 0 spiro atoms. The fourth-order valence-corrected chi connectivity index (χ4v) is 2.06. The van der Waals surface area contributed by atoms with Gasteiger partial charge in [0.1, 0.15) is 17.2 Å². The van der Waals surface area contributed by atoms with Crippen LogP contribution in [0.4, 0.5) is 5.69 Å². The Kier molecular flexibility index (Phi) is 3.30. The highest BCUT2D eigenvalue weighted by molar-refractivity contribution is 7.12. The van der Waals surface area contributed by atoms with Crippen molar-refractivity contribution in [1.82, 2.24) is 0 Å². The molecule has 0 bridgehead atoms. The van der Waals surface area contributed by atoms with Crippen LogP contribution < -0.4 is 5.73 Å². The van der Waals surface area contributed by atoms with E-state index >= 15 is 0 Å². The summed E-state index contributed by atoms with van der Waals surface area (Å²) in [7, 11) is 0. The van der Waals surface area contributed by atoms with Crippen molar-refractivity contribution >= 4 is 23.0 Å². The molecular weight excluding hydrogens is 238 g/mol. The molecule has 2 rings (SSSR count). The summed E-state index contributed by atoms with van der Waals surface area (Å²) >= 11 is 1.25. The normalized spacial score (nSPS) is 10.1. The largest absolute Gasteiger partial charge is 0.508 e. The van der Waals surface area contributed by atoms with Gasteiger partial charge in [0, 0.05) is 0 Å². The first-order valence-corrected chi connectivity index (χ1v) is 5.83. The monoisotopic (exact) mass is 249 g/mol. The minimum absolute atomic E-state index is 0.116. The number of esters is 1. The second-order valence-corrected chi connectivity index (χ2v) is 4.37. The van der Waals surface area contributed by atoms with Gasteiger partial charge in [0.15, 0.2) is 0 Å². The van der Waals surface area contributed by atoms with Gasteiger partial charge < -0.3 is 15.6 Å². The van der Waals surface area contributed by atoms with E-state index in [1.807, 2.05) is 0 Å². The van der Waals surface area contributed by atoms with Crippen LogP contribution in [0.15, 0.2) is 35.7 Å². The molecule has 4 nitrogen and oxygen atoms in total. The molecule has 5 heteroatoms. The van der Waals surface area contributed by atoms with E-state index < -0.39 is 5.97 Å². The molecule has 0 aliphatic carbocycles. The molecule has 88 valence electrons. The zero-order valence-corrected chi connectivity index (χ0v) is 9.74. The number of benzene rings is 1. The topological polar surface area (TPSA) is 72.6 Å². The first kappa shape index (κ1) is 11.5. The number of rotatable bonds is 3. The highest BCUT2D eigenvalue weighted by Gasteiger charge is 2.12. The number of ether oxygens (including phenoxy) is 1. The molecule has 1 aromatic heterocycles. The van der Waals surface area contributed by atoms with Crippen LogP contribution in [0.3, 0.4) is 0 Å². The third-order valence-corrected chi connectivity index (χ3v) is 3.07. The number of carbonyl (C=O) groups is 1. The Balaban J connectivity index is 1.99. The smallest absolute Gasteiger partial charge is 0.350 e. The number of phenols is 1. The zero-order chi connectivity index (χ0) is 12.3. The lowest BCUT2D eigenvalue weighted by molar-refractivity contribution is 0.0479. The Hall–Kier alpha value is -2.01. The second kappa shape index (κ2) is 4.88. The summed E-state index contributed by atoms with van der Waals surface area (Å²) in [6.07, 6.45) is 0. The number of thiophene rings is 1. The Labute approximate surface area is 102 Å². The van der Waals surface area contributed by atoms with Crippen LogP contribution >= 0.6 is 11.3 Å². The standard InChI is InChI=1S/C12H11NO3S/c13-10-4-5-17-11(10)12(15)16-7-8-2-1-3-9(14)6-8/h1-6,14H,7,13H2. The van der Waals surface area contributed by atoms with Crippen molar-refractivity contribution in [3.63, 3.8) is 0 Å². The van der Waals surface area contributed by atoms with Gasteiger partial charge in [-0.2, -0.15) is 0 Å². The zero-order valence-electron chi connectivity index (χ0n) is 8.92. The average molecular weight is 249 g/mol. The number of hydrogen-bond donors (Lipinski definition) is 2. The molecule has 0 atom stereocenters. The number of nitrogen functional groups attached to an aromatic ring is 1. The highest BCUT2D eigenvalue weighted by atomic mass is 32.1. The fraction of sp³-hybridized carbons (Fsp3) is 0.0833. The van der Waals surface area contributed by atoms with Crippen LogP contribution in [0.25, 0.3) is 0 Å². The summed E-state index contributed by atoms with van der Waals surface area (Å²) in [5.41, 5.74) is 6.76. The summed E-state index contributed by atoms with van der Waals surface area (Å²) in [6.45, 7) is 0.116. The number of nitrogens with two attached hydrogens (primary N) is 1. The van der Waals surface area contributed by atoms with Gasteiger partial charge in [-0.1, -0.05) is 12.1 Å². The van der Waals surface area contributed by atoms with E-state index in [4.69, 9.17) is 10.5 Å². The van der Waals surface area contributed by atoms with Crippen molar-refractivity contribution in [2.75, 3.05) is 5.73 Å². The van der Waals surface area contributed by atoms with E-state index in [2.05, 4.69) is 0 Å². The molecule has 0 amide bonds. The molecule has 2 aromatic rings. The second-order valence-electron chi connectivity index (χ2n) is 3.45. The number of hydrogen-bond acceptors (Lipinski definition) is 5. The minimum atomic E-state index is -0.444. The molecule has 0 fully saturated rings. The Bertz CT molecular complexity index is 536. The van der Waals surface area contributed by atoms with Gasteiger partial charge >= 0.3 is 5.97 Å². The van der Waals surface area contributed by atoms with Crippen molar-refractivity contribution in [1.29, 1.82) is 0 Å². The quantitative estimate of drug-likeness (QED) is 0.819. The van der Waals surface area contributed by atoms with E-state index in [0.29, 0.717) is 10.6 Å². The highest BCUT2D eigenvalue weighted by Crippen LogP contribution is 2.20. The van der Waals surface area contributed by atoms with Crippen LogP contribution in [0.5, 0.6) is 5.75 Å². The predicted molar refractivity (Wildman–Crippen MR) is 66.0 cm³/mol. The van der Waals surface area contributed by atoms with E-state index in [0.717, 1.165) is 5.56 Å². The van der Waals surface area contributed by atoms with Crippen molar-refractivity contribution in [3.8, 4) is 5.75 Å². The van der Waals surface area contributed by atoms with Crippen LogP contribution in [0, 0.1) is 0 Å². The Morgan fingerprint density at radius 1 is 1.41 bits per heavy atom. The van der Waals surface area contributed by atoms with Crippen LogP contribution in [-0.4, -0.2) is 11.1 Å². The summed E-state index contributed by atoms with van der Waals surface area (Å²) in [6, 6.07) is 8.23. The third kappa shape index (κ3) is 2.76. The summed E-state index contributed by atoms with van der Waals surface area (Å²) in [4.78, 5) is 12.0. The van der Waals surface area contributed by atoms with Gasteiger partial charge in [-0.25, -0.2) is 4.79 Å². The van der Waals surface area contributed by atoms with Gasteiger partial charge in [-0.05, 0) is 29.1 Å². The molecule has 0 unspecified atom stereocenters. The van der Waals surface area contributed by atoms with Crippen molar-refractivity contribution < 1.29 is 14.6 Å². The molecule has 3 N–H and O–H groups in total. The third-order valence-electron chi connectivity index (χ3n) is 2.16. The van der Waals surface area contributed by atoms with Crippen LogP contribution in [0.2, 0.25) is 0 Å². The number of aromatic hydroxyl groups is 1. The van der Waals surface area contributed by atoms with Gasteiger partial charge in [-0.3, -0.25) is 0 Å². The lowest BCUT2D eigenvalue weighted by atomic mass is 10.2. The fourth-order valence-electron chi connectivity index (χ4n) is 1.35. The molecule has 0 saturated heterocycles. The van der Waals surface area contributed by atoms with Gasteiger partial charge in [0.25, 0.3) is 0 Å². The molecule has 0 aliphatic heterocycles. The maximum absolute atomic E-state index is 11.6. The van der Waals surface area contributed by atoms with E-state index in [9.17, 15) is 9.90 Å². The predicted octanol–water partition coefficient (Wildman–Crippen LogP) is 2.39. The summed E-state index contributed by atoms with van der Waals surface area (Å²) in [5, 5.41) is 11.0. The maximum Gasteiger partial charge on any atom is 0.350 e. The molecule has 0 aliphatic rings. The molecule has 17 heavy (non-hydrogen) atoms. The van der Waals surface area contributed by atoms with Crippen molar-refractivity contribution in [2.45, 2.75) is 6.61 Å². The van der Waals surface area contributed by atoms with Gasteiger partial charge in [-0.15, -0.1) is 11.3 Å². The van der Waals surface area contributed by atoms with Gasteiger partial charge in [0.05, 0.1) is 5.69 Å². The maximum atomic E-state index is 11.6. The molecular formula is C12H11NO3S. The molecule has 0 saturated carbocycles. The summed E-state index contributed by atoms with van der Waals surface area (Å²) in [5.74, 6) is -0.296. The molecule has 0 radical (unpaired) electrons. The van der Waals surface area contributed by atoms with Crippen LogP contribution in [-0.2, 0) is 11.3 Å². The SMILES string of the molecule is Nc1ccsc1C(=O)OCc1cccc(O)c1. The first-order valence-electron chi connectivity index (χ1n) is 4.95. The molecule has 1 aromatic carbocycles. The van der Waals surface area contributed by atoms with Crippen LogP contribution in [0.1, 0.15) is 15.2 Å². The van der Waals surface area contributed by atoms with E-state index in [-0.39, 0.29) is 12.4 Å². The Morgan fingerprint density at radius 3 is 2.88 bits per heavy atom. The molecule has 1 heterocycles. The van der Waals surface area contributed by atoms with Crippen molar-refractivity contribution in [3.05, 3.63) is 46.2 Å². The van der Waals surface area contributed by atoms with E-state index in [1.165, 1.54) is 11.3 Å². The number of anilines is 1. The lowest BCUT2D eigenvalue weighted by Crippen LogP contribution is -2.05. The average Bonchev–Trinajstić information content (AvgIpc) is 2.72. The number of phenolic OH excluding ortho intramolecular Hbond substituents is 1. The lowest BCUT2D eigenvalue weighted by Gasteiger charge is -2.04. The Morgan fingerprint density at radius 2 is 2.24 bits per heavy atom. The minimum Gasteiger partial charge on any atom is -0.508 e. The first-order chi connectivity index (χ1) is 8.16. The van der Waals surface area contributed by atoms with E-state index in [1.54, 1.807) is 35.7 Å². The number of carbonyl (C=O) groups excluding carboxylic acids is 1. The van der Waals surface area contributed by atoms with Gasteiger partial charge in [0.2, 0.25) is 0 Å². The summed E-state index contributed by atoms with van der Waals surface area (Å²) < 4.78 is 5.09.